The molecule has 0 aromatic heterocycles. The van der Waals surface area contributed by atoms with Crippen LogP contribution >= 0.6 is 0 Å². The molecule has 31 heavy (non-hydrogen) atoms. The molecule has 2 aliphatic heterocycles. The number of benzene rings is 2. The van der Waals surface area contributed by atoms with Gasteiger partial charge in [0.25, 0.3) is 5.91 Å². The third-order valence-electron chi connectivity index (χ3n) is 5.80. The number of halogens is 1. The highest BCUT2D eigenvalue weighted by atomic mass is 19.1. The molecular weight excluding hydrogens is 401 g/mol. The van der Waals surface area contributed by atoms with Gasteiger partial charge in [0.15, 0.2) is 11.5 Å². The van der Waals surface area contributed by atoms with Crippen molar-refractivity contribution in [1.29, 1.82) is 0 Å². The van der Waals surface area contributed by atoms with E-state index in [4.69, 9.17) is 9.47 Å². The maximum atomic E-state index is 13.4. The van der Waals surface area contributed by atoms with E-state index in [9.17, 15) is 14.0 Å². The molecule has 8 heteroatoms. The van der Waals surface area contributed by atoms with Crippen molar-refractivity contribution in [3.8, 4) is 11.5 Å². The Morgan fingerprint density at radius 3 is 2.61 bits per heavy atom. The molecule has 1 aliphatic carbocycles. The fraction of sp³-hybridized carbons (Fsp3) is 0.348. The van der Waals surface area contributed by atoms with Crippen LogP contribution in [0.1, 0.15) is 36.4 Å². The number of hydrazone groups is 1. The van der Waals surface area contributed by atoms with Crippen LogP contribution in [0.15, 0.2) is 47.6 Å². The number of ether oxygens (including phenoxy) is 2. The van der Waals surface area contributed by atoms with Crippen molar-refractivity contribution in [2.75, 3.05) is 20.4 Å². The summed E-state index contributed by atoms with van der Waals surface area (Å²) in [5, 5.41) is 6.02. The van der Waals surface area contributed by atoms with Crippen molar-refractivity contribution in [3.05, 3.63) is 59.4 Å². The zero-order chi connectivity index (χ0) is 21.5. The largest absolute Gasteiger partial charge is 0.454 e. The Morgan fingerprint density at radius 1 is 1.13 bits per heavy atom. The summed E-state index contributed by atoms with van der Waals surface area (Å²) in [6, 6.07) is 11.3. The van der Waals surface area contributed by atoms with Gasteiger partial charge < -0.3 is 14.4 Å². The number of carbonyl (C=O) groups excluding carboxylic acids is 2. The third-order valence-corrected chi connectivity index (χ3v) is 5.80. The highest BCUT2D eigenvalue weighted by Crippen LogP contribution is 2.39. The van der Waals surface area contributed by atoms with Crippen LogP contribution in [0.4, 0.5) is 4.39 Å². The van der Waals surface area contributed by atoms with Crippen LogP contribution in [0.5, 0.6) is 11.5 Å². The highest BCUT2D eigenvalue weighted by molar-refractivity contribution is 6.03. The second kappa shape index (κ2) is 7.68. The smallest absolute Gasteiger partial charge is 0.262 e. The Balaban J connectivity index is 1.43. The van der Waals surface area contributed by atoms with Crippen molar-refractivity contribution in [3.63, 3.8) is 0 Å². The molecule has 1 fully saturated rings. The minimum Gasteiger partial charge on any atom is -0.454 e. The summed E-state index contributed by atoms with van der Waals surface area (Å²) >= 11 is 0. The summed E-state index contributed by atoms with van der Waals surface area (Å²) in [5.41, 5.74) is 2.30. The number of likely N-dealkylation sites (N-methyl/N-ethyl adjacent to an activating group) is 1. The summed E-state index contributed by atoms with van der Waals surface area (Å²) < 4.78 is 24.2. The molecule has 0 bridgehead atoms. The molecule has 2 amide bonds. The molecule has 0 spiro atoms. The maximum Gasteiger partial charge on any atom is 0.262 e. The van der Waals surface area contributed by atoms with Gasteiger partial charge in [0.2, 0.25) is 12.7 Å². The van der Waals surface area contributed by atoms with Crippen LogP contribution in [0.25, 0.3) is 0 Å². The van der Waals surface area contributed by atoms with Crippen molar-refractivity contribution >= 4 is 17.5 Å². The number of fused-ring (bicyclic) bond motifs is 1. The number of nitrogens with zero attached hydrogens (tertiary/aromatic N) is 3. The van der Waals surface area contributed by atoms with Gasteiger partial charge in [0.05, 0.1) is 11.8 Å². The Bertz CT molecular complexity index is 1060. The van der Waals surface area contributed by atoms with E-state index < -0.39 is 0 Å². The number of amides is 2. The average molecular weight is 423 g/mol. The molecule has 2 heterocycles. The zero-order valence-electron chi connectivity index (χ0n) is 17.1. The zero-order valence-corrected chi connectivity index (χ0v) is 17.1. The Morgan fingerprint density at radius 2 is 1.87 bits per heavy atom. The lowest BCUT2D eigenvalue weighted by Crippen LogP contribution is -2.39. The molecule has 0 saturated heterocycles. The molecule has 5 rings (SSSR count). The third kappa shape index (κ3) is 3.85. The molecule has 160 valence electrons. The molecule has 0 unspecified atom stereocenters. The molecule has 0 radical (unpaired) electrons. The van der Waals surface area contributed by atoms with E-state index in [0.717, 1.165) is 24.0 Å². The standard InChI is InChI=1S/C23H22FN3O4/c1-26(23(29)15-2-3-15)12-22(28)27-19(16-6-9-20-21(10-16)31-13-30-20)11-18(25-27)14-4-7-17(24)8-5-14/h4-10,15,19H,2-3,11-13H2,1H3/t19-/m0/s1. The number of hydrogen-bond acceptors (Lipinski definition) is 5. The molecular formula is C23H22FN3O4. The van der Waals surface area contributed by atoms with Gasteiger partial charge >= 0.3 is 0 Å². The van der Waals surface area contributed by atoms with Gasteiger partial charge in [0.1, 0.15) is 12.4 Å². The van der Waals surface area contributed by atoms with Gasteiger partial charge in [-0.15, -0.1) is 0 Å². The molecule has 7 nitrogen and oxygen atoms in total. The van der Waals surface area contributed by atoms with Gasteiger partial charge in [-0.2, -0.15) is 5.10 Å². The van der Waals surface area contributed by atoms with E-state index in [1.165, 1.54) is 22.0 Å². The van der Waals surface area contributed by atoms with Crippen LogP contribution in [-0.2, 0) is 9.59 Å². The Hall–Kier alpha value is -3.42. The first-order valence-electron chi connectivity index (χ1n) is 10.3. The lowest BCUT2D eigenvalue weighted by molar-refractivity contribution is -0.141. The lowest BCUT2D eigenvalue weighted by atomic mass is 9.98. The maximum absolute atomic E-state index is 13.4. The topological polar surface area (TPSA) is 71.4 Å². The quantitative estimate of drug-likeness (QED) is 0.741. The second-order valence-electron chi connectivity index (χ2n) is 8.09. The van der Waals surface area contributed by atoms with E-state index in [1.807, 2.05) is 18.2 Å². The fourth-order valence-corrected chi connectivity index (χ4v) is 3.93. The second-order valence-corrected chi connectivity index (χ2v) is 8.09. The van der Waals surface area contributed by atoms with Gasteiger partial charge in [-0.3, -0.25) is 9.59 Å². The van der Waals surface area contributed by atoms with Crippen molar-refractivity contribution in [2.45, 2.75) is 25.3 Å². The molecule has 1 saturated carbocycles. The normalized spacial score (nSPS) is 19.4. The first-order chi connectivity index (χ1) is 15.0. The molecule has 1 atom stereocenters. The molecule has 0 N–H and O–H groups in total. The highest BCUT2D eigenvalue weighted by Gasteiger charge is 2.37. The Labute approximate surface area is 179 Å². The summed E-state index contributed by atoms with van der Waals surface area (Å²) in [7, 11) is 1.65. The monoisotopic (exact) mass is 423 g/mol. The van der Waals surface area contributed by atoms with E-state index in [2.05, 4.69) is 5.10 Å². The number of carbonyl (C=O) groups is 2. The van der Waals surface area contributed by atoms with E-state index in [0.29, 0.717) is 23.6 Å². The first-order valence-corrected chi connectivity index (χ1v) is 10.3. The van der Waals surface area contributed by atoms with Crippen LogP contribution in [0, 0.1) is 11.7 Å². The summed E-state index contributed by atoms with van der Waals surface area (Å²) in [6.45, 7) is 0.119. The minimum absolute atomic E-state index is 0.00471. The number of hydrogen-bond donors (Lipinski definition) is 0. The summed E-state index contributed by atoms with van der Waals surface area (Å²) in [5.74, 6) is 0.726. The first kappa shape index (κ1) is 19.5. The molecule has 2 aromatic rings. The van der Waals surface area contributed by atoms with Crippen LogP contribution in [0.2, 0.25) is 0 Å². The van der Waals surface area contributed by atoms with Crippen LogP contribution in [0.3, 0.4) is 0 Å². The van der Waals surface area contributed by atoms with Gasteiger partial charge in [0, 0.05) is 19.4 Å². The van der Waals surface area contributed by atoms with Gasteiger partial charge in [-0.25, -0.2) is 9.40 Å². The average Bonchev–Trinajstić information content (AvgIpc) is 3.34. The van der Waals surface area contributed by atoms with Crippen molar-refractivity contribution < 1.29 is 23.5 Å². The fourth-order valence-electron chi connectivity index (χ4n) is 3.93. The van der Waals surface area contributed by atoms with E-state index >= 15 is 0 Å². The minimum atomic E-state index is -0.355. The predicted octanol–water partition coefficient (Wildman–Crippen LogP) is 3.10. The molecule has 3 aliphatic rings. The summed E-state index contributed by atoms with van der Waals surface area (Å²) in [4.78, 5) is 26.9. The Kier molecular flexibility index (Phi) is 4.84. The van der Waals surface area contributed by atoms with Crippen molar-refractivity contribution in [1.82, 2.24) is 9.91 Å². The predicted molar refractivity (Wildman–Crippen MR) is 110 cm³/mol. The SMILES string of the molecule is CN(CC(=O)N1N=C(c2ccc(F)cc2)C[C@H]1c1ccc2c(c1)OCO2)C(=O)C1CC1. The van der Waals surface area contributed by atoms with Crippen LogP contribution < -0.4 is 9.47 Å². The van der Waals surface area contributed by atoms with E-state index in [-0.39, 0.29) is 42.9 Å². The lowest BCUT2D eigenvalue weighted by Gasteiger charge is -2.25. The summed E-state index contributed by atoms with van der Waals surface area (Å²) in [6.07, 6.45) is 2.23. The van der Waals surface area contributed by atoms with E-state index in [1.54, 1.807) is 19.2 Å². The van der Waals surface area contributed by atoms with Gasteiger partial charge in [-0.05, 0) is 48.2 Å². The van der Waals surface area contributed by atoms with Gasteiger partial charge in [-0.1, -0.05) is 18.2 Å². The molecule has 2 aromatic carbocycles. The number of rotatable bonds is 5. The van der Waals surface area contributed by atoms with Crippen molar-refractivity contribution in [2.24, 2.45) is 11.0 Å². The van der Waals surface area contributed by atoms with Crippen LogP contribution in [-0.4, -0.2) is 47.8 Å².